The molecular weight excluding hydrogens is 577 g/mol. The number of halogens is 1. The molecule has 45 heavy (non-hydrogen) atoms. The maximum Gasteiger partial charge on any atom is 0.255 e. The third-order valence-electron chi connectivity index (χ3n) is 8.07. The van der Waals surface area contributed by atoms with Crippen molar-refractivity contribution in [1.82, 2.24) is 39.6 Å². The lowest BCUT2D eigenvalue weighted by Crippen LogP contribution is -2.33. The summed E-state index contributed by atoms with van der Waals surface area (Å²) in [6, 6.07) is 8.04. The van der Waals surface area contributed by atoms with Gasteiger partial charge in [-0.3, -0.25) is 14.4 Å². The minimum Gasteiger partial charge on any atom is -0.471 e. The minimum absolute atomic E-state index is 0.0627. The first-order valence-corrected chi connectivity index (χ1v) is 15.0. The quantitative estimate of drug-likeness (QED) is 0.180. The second-order valence-electron chi connectivity index (χ2n) is 11.7. The number of amides is 1. The number of carbonyl (C=O) groups is 1. The number of ether oxygens (including phenoxy) is 1. The fourth-order valence-electron chi connectivity index (χ4n) is 5.47. The highest BCUT2D eigenvalue weighted by molar-refractivity contribution is 6.06. The number of fused-ring (bicyclic) bond motifs is 1. The lowest BCUT2D eigenvalue weighted by atomic mass is 10.1. The van der Waals surface area contributed by atoms with Gasteiger partial charge in [-0.2, -0.15) is 14.5 Å². The Morgan fingerprint density at radius 2 is 1.98 bits per heavy atom. The van der Waals surface area contributed by atoms with Crippen molar-refractivity contribution in [2.45, 2.75) is 45.3 Å². The zero-order valence-electron chi connectivity index (χ0n) is 25.3. The SMILES string of the molecule is Cc1cnc(Nc2cc(C)n(C)n2)nc1-c1c[nH]c2c(NC(=O)CN3CCC(Oc4nc(NC5CC5)ncc4F)C3)cccc12. The molecule has 7 rings (SSSR count). The van der Waals surface area contributed by atoms with E-state index >= 15 is 0 Å². The molecule has 1 unspecified atom stereocenters. The van der Waals surface area contributed by atoms with Gasteiger partial charge >= 0.3 is 0 Å². The molecule has 0 bridgehead atoms. The van der Waals surface area contributed by atoms with Gasteiger partial charge in [0, 0.05) is 61.3 Å². The van der Waals surface area contributed by atoms with Crippen molar-refractivity contribution in [1.29, 1.82) is 0 Å². The third-order valence-corrected chi connectivity index (χ3v) is 8.07. The van der Waals surface area contributed by atoms with Gasteiger partial charge in [-0.1, -0.05) is 12.1 Å². The number of para-hydroxylation sites is 1. The summed E-state index contributed by atoms with van der Waals surface area (Å²) in [5, 5.41) is 14.7. The van der Waals surface area contributed by atoms with Crippen LogP contribution >= 0.6 is 0 Å². The van der Waals surface area contributed by atoms with E-state index in [1.165, 1.54) is 0 Å². The number of H-pyrrole nitrogens is 1. The van der Waals surface area contributed by atoms with E-state index in [1.54, 1.807) is 10.9 Å². The van der Waals surface area contributed by atoms with Gasteiger partial charge in [-0.25, -0.2) is 15.0 Å². The number of benzene rings is 1. The normalized spacial score (nSPS) is 16.7. The van der Waals surface area contributed by atoms with Crippen LogP contribution < -0.4 is 20.7 Å². The minimum atomic E-state index is -0.598. The summed E-state index contributed by atoms with van der Waals surface area (Å²) < 4.78 is 22.0. The van der Waals surface area contributed by atoms with Crippen LogP contribution in [0.5, 0.6) is 5.88 Å². The number of rotatable bonds is 10. The Kier molecular flexibility index (Phi) is 7.49. The number of nitrogens with zero attached hydrogens (tertiary/aromatic N) is 7. The summed E-state index contributed by atoms with van der Waals surface area (Å²) in [4.78, 5) is 35.9. The first-order valence-electron chi connectivity index (χ1n) is 15.0. The number of nitrogens with one attached hydrogen (secondary N) is 4. The zero-order valence-corrected chi connectivity index (χ0v) is 25.3. The van der Waals surface area contributed by atoms with Crippen molar-refractivity contribution in [2.24, 2.45) is 7.05 Å². The molecule has 1 atom stereocenters. The highest BCUT2D eigenvalue weighted by Gasteiger charge is 2.28. The standard InChI is InChI=1S/C31H34FN11O2/c1-17-12-34-31(38-25-11-18(2)42(3)41-25)39-27(17)22-13-33-28-21(22)5-4-6-24(28)37-26(44)16-43-10-9-20(15-43)45-29-23(32)14-35-30(40-29)36-19-7-8-19/h4-6,11-14,19-20,33H,7-10,15-16H2,1-3H3,(H,37,44)(H,35,36,40)(H,34,38,39,41). The van der Waals surface area contributed by atoms with Gasteiger partial charge in [0.05, 0.1) is 29.6 Å². The summed E-state index contributed by atoms with van der Waals surface area (Å²) in [7, 11) is 1.88. The van der Waals surface area contributed by atoms with Crippen LogP contribution in [0.15, 0.2) is 42.9 Å². The Morgan fingerprint density at radius 3 is 2.78 bits per heavy atom. The van der Waals surface area contributed by atoms with Crippen molar-refractivity contribution in [2.75, 3.05) is 35.6 Å². The Bertz CT molecular complexity index is 1860. The summed E-state index contributed by atoms with van der Waals surface area (Å²) in [6.45, 7) is 5.25. The molecule has 5 heterocycles. The Morgan fingerprint density at radius 1 is 1.13 bits per heavy atom. The number of hydrogen-bond acceptors (Lipinski definition) is 10. The van der Waals surface area contributed by atoms with E-state index in [2.05, 4.69) is 41.0 Å². The van der Waals surface area contributed by atoms with Gasteiger partial charge in [0.15, 0.2) is 5.82 Å². The average molecular weight is 612 g/mol. The highest BCUT2D eigenvalue weighted by Crippen LogP contribution is 2.33. The third kappa shape index (κ3) is 6.27. The molecule has 1 aromatic carbocycles. The average Bonchev–Trinajstić information content (AvgIpc) is 3.38. The molecule has 13 nitrogen and oxygen atoms in total. The second kappa shape index (κ2) is 11.8. The maximum absolute atomic E-state index is 14.3. The molecule has 14 heteroatoms. The predicted molar refractivity (Wildman–Crippen MR) is 168 cm³/mol. The number of likely N-dealkylation sites (tertiary alicyclic amines) is 1. The van der Waals surface area contributed by atoms with E-state index in [-0.39, 0.29) is 24.4 Å². The van der Waals surface area contributed by atoms with Gasteiger partial charge in [0.25, 0.3) is 5.88 Å². The Balaban J connectivity index is 1.01. The number of aromatic nitrogens is 7. The molecule has 1 saturated heterocycles. The van der Waals surface area contributed by atoms with Gasteiger partial charge in [0.2, 0.25) is 23.6 Å². The van der Waals surface area contributed by atoms with Gasteiger partial charge < -0.3 is 25.7 Å². The van der Waals surface area contributed by atoms with Crippen molar-refractivity contribution in [3.63, 3.8) is 0 Å². The summed E-state index contributed by atoms with van der Waals surface area (Å²) >= 11 is 0. The summed E-state index contributed by atoms with van der Waals surface area (Å²) in [6.07, 6.45) is 7.30. The fourth-order valence-corrected chi connectivity index (χ4v) is 5.47. The van der Waals surface area contributed by atoms with Gasteiger partial charge in [-0.05, 0) is 44.7 Å². The van der Waals surface area contributed by atoms with Crippen LogP contribution in [0.3, 0.4) is 0 Å². The van der Waals surface area contributed by atoms with E-state index in [1.807, 2.05) is 56.3 Å². The molecule has 0 radical (unpaired) electrons. The molecule has 1 saturated carbocycles. The van der Waals surface area contributed by atoms with Crippen LogP contribution in [0.2, 0.25) is 0 Å². The molecule has 4 aromatic heterocycles. The van der Waals surface area contributed by atoms with E-state index in [9.17, 15) is 9.18 Å². The van der Waals surface area contributed by atoms with Gasteiger partial charge in [-0.15, -0.1) is 0 Å². The lowest BCUT2D eigenvalue weighted by Gasteiger charge is -2.17. The molecule has 5 aromatic rings. The van der Waals surface area contributed by atoms with E-state index in [0.717, 1.165) is 52.5 Å². The van der Waals surface area contributed by atoms with Crippen molar-refractivity contribution >= 4 is 40.2 Å². The molecule has 232 valence electrons. The molecule has 1 amide bonds. The van der Waals surface area contributed by atoms with Crippen LogP contribution in [-0.4, -0.2) is 77.3 Å². The van der Waals surface area contributed by atoms with Crippen LogP contribution in [-0.2, 0) is 11.8 Å². The number of aryl methyl sites for hydroxylation is 3. The molecule has 1 aliphatic heterocycles. The first-order chi connectivity index (χ1) is 21.8. The van der Waals surface area contributed by atoms with Crippen LogP contribution in [0.25, 0.3) is 22.2 Å². The number of hydrogen-bond donors (Lipinski definition) is 4. The second-order valence-corrected chi connectivity index (χ2v) is 11.7. The Labute approximate surface area is 258 Å². The van der Waals surface area contributed by atoms with E-state index in [4.69, 9.17) is 9.72 Å². The molecular formula is C31H34FN11O2. The Hall–Kier alpha value is -5.11. The molecule has 0 spiro atoms. The lowest BCUT2D eigenvalue weighted by molar-refractivity contribution is -0.117. The zero-order chi connectivity index (χ0) is 31.1. The van der Waals surface area contributed by atoms with Crippen molar-refractivity contribution in [3.05, 3.63) is 59.9 Å². The fraction of sp³-hybridized carbons (Fsp3) is 0.355. The van der Waals surface area contributed by atoms with Crippen molar-refractivity contribution in [3.8, 4) is 17.1 Å². The monoisotopic (exact) mass is 611 g/mol. The molecule has 4 N–H and O–H groups in total. The van der Waals surface area contributed by atoms with Crippen LogP contribution in [0.1, 0.15) is 30.5 Å². The largest absolute Gasteiger partial charge is 0.471 e. The van der Waals surface area contributed by atoms with Crippen LogP contribution in [0, 0.1) is 19.7 Å². The first kappa shape index (κ1) is 28.6. The van der Waals surface area contributed by atoms with Crippen molar-refractivity contribution < 1.29 is 13.9 Å². The number of aromatic amines is 1. The topological polar surface area (TPSA) is 151 Å². The summed E-state index contributed by atoms with van der Waals surface area (Å²) in [5.41, 5.74) is 5.06. The molecule has 1 aliphatic carbocycles. The number of anilines is 4. The van der Waals surface area contributed by atoms with Crippen LogP contribution in [0.4, 0.5) is 27.8 Å². The van der Waals surface area contributed by atoms with E-state index in [0.29, 0.717) is 49.0 Å². The highest BCUT2D eigenvalue weighted by atomic mass is 19.1. The number of carbonyl (C=O) groups excluding carboxylic acids is 1. The maximum atomic E-state index is 14.3. The smallest absolute Gasteiger partial charge is 0.255 e. The predicted octanol–water partition coefficient (Wildman–Crippen LogP) is 4.31. The van der Waals surface area contributed by atoms with E-state index < -0.39 is 5.82 Å². The van der Waals surface area contributed by atoms with Gasteiger partial charge in [0.1, 0.15) is 6.10 Å². The summed E-state index contributed by atoms with van der Waals surface area (Å²) in [5.74, 6) is 0.667. The molecule has 2 fully saturated rings. The molecule has 2 aliphatic rings.